The third kappa shape index (κ3) is 3.81. The average Bonchev–Trinajstić information content (AvgIpc) is 3.30. The Morgan fingerprint density at radius 1 is 1.27 bits per heavy atom. The molecule has 2 amide bonds. The van der Waals surface area contributed by atoms with Gasteiger partial charge in [-0.3, -0.25) is 0 Å². The summed E-state index contributed by atoms with van der Waals surface area (Å²) >= 11 is 0. The summed E-state index contributed by atoms with van der Waals surface area (Å²) in [6.45, 7) is 6.44. The number of nitrogens with one attached hydrogen (secondary N) is 2. The van der Waals surface area contributed by atoms with Crippen molar-refractivity contribution in [3.63, 3.8) is 0 Å². The monoisotopic (exact) mass is 433 g/mol. The lowest BCUT2D eigenvalue weighted by Gasteiger charge is -2.24. The molecule has 3 atom stereocenters. The van der Waals surface area contributed by atoms with Crippen molar-refractivity contribution in [3.05, 3.63) is 41.0 Å². The first-order valence-electron chi connectivity index (χ1n) is 9.97. The van der Waals surface area contributed by atoms with E-state index in [-0.39, 0.29) is 24.5 Å². The summed E-state index contributed by atoms with van der Waals surface area (Å²) < 4.78 is 31.2. The van der Waals surface area contributed by atoms with Crippen molar-refractivity contribution in [1.82, 2.24) is 19.8 Å². The lowest BCUT2D eigenvalue weighted by Crippen LogP contribution is -2.40. The maximum Gasteiger partial charge on any atom is 0.319 e. The number of nitrogens with zero attached hydrogens (tertiary/aromatic N) is 3. The second-order valence-electron chi connectivity index (χ2n) is 8.59. The van der Waals surface area contributed by atoms with Crippen molar-refractivity contribution >= 4 is 21.7 Å². The largest absolute Gasteiger partial charge is 0.339 e. The summed E-state index contributed by atoms with van der Waals surface area (Å²) in [6.07, 6.45) is 2.41. The maximum atomic E-state index is 12.6. The normalized spacial score (nSPS) is 26.5. The van der Waals surface area contributed by atoms with Crippen LogP contribution in [0, 0.1) is 26.7 Å². The minimum absolute atomic E-state index is 0.000931. The Labute approximate surface area is 176 Å². The molecule has 0 spiro atoms. The van der Waals surface area contributed by atoms with Crippen LogP contribution < -0.4 is 10.6 Å². The lowest BCUT2D eigenvalue weighted by atomic mass is 9.80. The van der Waals surface area contributed by atoms with Gasteiger partial charge in [0.25, 0.3) is 0 Å². The van der Waals surface area contributed by atoms with E-state index < -0.39 is 15.4 Å². The molecule has 1 aromatic carbocycles. The molecule has 4 rings (SSSR count). The first-order chi connectivity index (χ1) is 14.1. The van der Waals surface area contributed by atoms with Gasteiger partial charge in [0.2, 0.25) is 15.9 Å². The van der Waals surface area contributed by atoms with Gasteiger partial charge in [-0.1, -0.05) is 11.2 Å². The summed E-state index contributed by atoms with van der Waals surface area (Å²) in [7, 11) is -3.33. The molecule has 162 valence electrons. The standard InChI is InChI=1S/C20H27N5O4S/c1-12-5-6-16(7-13(12)2)22-19(26)23-17-8-15-10-25(30(4,27)28)11-20(15,9-17)18-21-14(3)24-29-18/h5-7,15,17H,8-11H2,1-4H3,(H2,22,23,26)/t15?,17-,20+/m1/s1. The topological polar surface area (TPSA) is 117 Å². The molecule has 0 bridgehead atoms. The number of carbonyl (C=O) groups is 1. The summed E-state index contributed by atoms with van der Waals surface area (Å²) in [6, 6.07) is 5.39. The fourth-order valence-electron chi connectivity index (χ4n) is 4.69. The Hall–Kier alpha value is -2.46. The molecule has 2 N–H and O–H groups in total. The second kappa shape index (κ2) is 7.35. The van der Waals surface area contributed by atoms with Crippen LogP contribution in [0.4, 0.5) is 10.5 Å². The van der Waals surface area contributed by atoms with Gasteiger partial charge in [0.05, 0.1) is 11.7 Å². The number of fused-ring (bicyclic) bond motifs is 1. The lowest BCUT2D eigenvalue weighted by molar-refractivity contribution is 0.244. The number of aryl methyl sites for hydroxylation is 3. The SMILES string of the molecule is Cc1noc([C@]23C[C@H](NC(=O)Nc4ccc(C)c(C)c4)CC2CN(S(C)(=O)=O)C3)n1. The molecule has 10 heteroatoms. The summed E-state index contributed by atoms with van der Waals surface area (Å²) in [5, 5.41) is 9.83. The molecule has 1 saturated carbocycles. The molecule has 0 radical (unpaired) electrons. The van der Waals surface area contributed by atoms with E-state index in [0.29, 0.717) is 31.1 Å². The zero-order valence-corrected chi connectivity index (χ0v) is 18.4. The minimum Gasteiger partial charge on any atom is -0.339 e. The van der Waals surface area contributed by atoms with Gasteiger partial charge in [-0.15, -0.1) is 0 Å². The number of aromatic nitrogens is 2. The fourth-order valence-corrected chi connectivity index (χ4v) is 5.61. The Bertz CT molecular complexity index is 1080. The van der Waals surface area contributed by atoms with Gasteiger partial charge in [-0.25, -0.2) is 17.5 Å². The van der Waals surface area contributed by atoms with Crippen molar-refractivity contribution in [2.24, 2.45) is 5.92 Å². The fraction of sp³-hybridized carbons (Fsp3) is 0.550. The van der Waals surface area contributed by atoms with Gasteiger partial charge < -0.3 is 15.2 Å². The Balaban J connectivity index is 1.50. The van der Waals surface area contributed by atoms with Gasteiger partial charge in [-0.2, -0.15) is 4.98 Å². The van der Waals surface area contributed by atoms with Crippen molar-refractivity contribution < 1.29 is 17.7 Å². The zero-order valence-electron chi connectivity index (χ0n) is 17.6. The van der Waals surface area contributed by atoms with Crippen molar-refractivity contribution in [2.45, 2.75) is 45.1 Å². The van der Waals surface area contributed by atoms with Crippen LogP contribution in [0.2, 0.25) is 0 Å². The van der Waals surface area contributed by atoms with Crippen LogP contribution in [0.25, 0.3) is 0 Å². The van der Waals surface area contributed by atoms with Gasteiger partial charge in [0.15, 0.2) is 5.82 Å². The van der Waals surface area contributed by atoms with E-state index >= 15 is 0 Å². The molecule has 1 aliphatic carbocycles. The van der Waals surface area contributed by atoms with Crippen LogP contribution >= 0.6 is 0 Å². The number of sulfonamides is 1. The molecule has 2 aromatic rings. The van der Waals surface area contributed by atoms with E-state index in [1.54, 1.807) is 6.92 Å². The van der Waals surface area contributed by atoms with Crippen LogP contribution in [0.5, 0.6) is 0 Å². The molecule has 2 aliphatic rings. The van der Waals surface area contributed by atoms with E-state index in [4.69, 9.17) is 4.52 Å². The van der Waals surface area contributed by atoms with E-state index in [2.05, 4.69) is 20.8 Å². The number of anilines is 1. The molecule has 30 heavy (non-hydrogen) atoms. The molecular formula is C20H27N5O4S. The maximum absolute atomic E-state index is 12.6. The smallest absolute Gasteiger partial charge is 0.319 e. The summed E-state index contributed by atoms with van der Waals surface area (Å²) in [5.41, 5.74) is 2.42. The Morgan fingerprint density at radius 3 is 2.67 bits per heavy atom. The highest BCUT2D eigenvalue weighted by Gasteiger charge is 2.59. The number of urea groups is 1. The first-order valence-corrected chi connectivity index (χ1v) is 11.8. The first kappa shape index (κ1) is 20.8. The van der Waals surface area contributed by atoms with E-state index in [9.17, 15) is 13.2 Å². The third-order valence-electron chi connectivity index (χ3n) is 6.37. The number of benzene rings is 1. The average molecular weight is 434 g/mol. The molecule has 2 heterocycles. The van der Waals surface area contributed by atoms with Crippen LogP contribution in [0.15, 0.2) is 22.7 Å². The quantitative estimate of drug-likeness (QED) is 0.763. The van der Waals surface area contributed by atoms with E-state index in [1.165, 1.54) is 10.6 Å². The number of rotatable bonds is 4. The van der Waals surface area contributed by atoms with Gasteiger partial charge >= 0.3 is 6.03 Å². The second-order valence-corrected chi connectivity index (χ2v) is 10.6. The van der Waals surface area contributed by atoms with Crippen LogP contribution in [-0.4, -0.2) is 54.3 Å². The number of hydrogen-bond acceptors (Lipinski definition) is 6. The number of hydrogen-bond donors (Lipinski definition) is 2. The number of carbonyl (C=O) groups excluding carboxylic acids is 1. The Kier molecular flexibility index (Phi) is 5.09. The third-order valence-corrected chi connectivity index (χ3v) is 7.58. The molecule has 1 saturated heterocycles. The van der Waals surface area contributed by atoms with Gasteiger partial charge in [-0.05, 0) is 62.8 Å². The molecule has 1 aliphatic heterocycles. The van der Waals surface area contributed by atoms with E-state index in [1.807, 2.05) is 32.0 Å². The highest BCUT2D eigenvalue weighted by molar-refractivity contribution is 7.88. The van der Waals surface area contributed by atoms with Gasteiger partial charge in [0, 0.05) is 24.8 Å². The molecular weight excluding hydrogens is 406 g/mol. The Morgan fingerprint density at radius 2 is 2.03 bits per heavy atom. The summed E-state index contributed by atoms with van der Waals surface area (Å²) in [5.74, 6) is 0.967. The molecule has 1 unspecified atom stereocenters. The molecule has 9 nitrogen and oxygen atoms in total. The highest BCUT2D eigenvalue weighted by atomic mass is 32.2. The zero-order chi connectivity index (χ0) is 21.7. The van der Waals surface area contributed by atoms with Gasteiger partial charge in [0.1, 0.15) is 0 Å². The molecule has 2 fully saturated rings. The van der Waals surface area contributed by atoms with Crippen LogP contribution in [0.3, 0.4) is 0 Å². The van der Waals surface area contributed by atoms with Crippen LogP contribution in [-0.2, 0) is 15.4 Å². The summed E-state index contributed by atoms with van der Waals surface area (Å²) in [4.78, 5) is 17.0. The van der Waals surface area contributed by atoms with Crippen molar-refractivity contribution in [3.8, 4) is 0 Å². The highest BCUT2D eigenvalue weighted by Crippen LogP contribution is 2.50. The van der Waals surface area contributed by atoms with Crippen LogP contribution in [0.1, 0.15) is 35.7 Å². The number of amides is 2. The predicted octanol–water partition coefficient (Wildman–Crippen LogP) is 2.11. The van der Waals surface area contributed by atoms with E-state index in [0.717, 1.165) is 16.8 Å². The van der Waals surface area contributed by atoms with Crippen molar-refractivity contribution in [2.75, 3.05) is 24.7 Å². The minimum atomic E-state index is -3.33. The predicted molar refractivity (Wildman–Crippen MR) is 112 cm³/mol. The van der Waals surface area contributed by atoms with Crippen molar-refractivity contribution in [1.29, 1.82) is 0 Å². The molecule has 1 aromatic heterocycles.